The third-order valence-electron chi connectivity index (χ3n) is 4.23. The first-order valence-electron chi connectivity index (χ1n) is 9.52. The average molecular weight is 400 g/mol. The zero-order chi connectivity index (χ0) is 20.4. The Morgan fingerprint density at radius 1 is 1.25 bits per heavy atom. The van der Waals surface area contributed by atoms with E-state index in [1.54, 1.807) is 12.1 Å². The molecule has 1 aliphatic rings. The molecule has 0 atom stereocenters. The zero-order valence-electron chi connectivity index (χ0n) is 16.0. The van der Waals surface area contributed by atoms with E-state index >= 15 is 0 Å². The zero-order valence-corrected chi connectivity index (χ0v) is 16.0. The summed E-state index contributed by atoms with van der Waals surface area (Å²) in [5.74, 6) is 0.684. The Morgan fingerprint density at radius 3 is 2.61 bits per heavy atom. The number of likely N-dealkylation sites (tertiary alicyclic amines) is 1. The fourth-order valence-corrected chi connectivity index (χ4v) is 2.92. The van der Waals surface area contributed by atoms with Crippen molar-refractivity contribution < 1.29 is 22.7 Å². The number of aliphatic imine (C=N–C) groups is 1. The van der Waals surface area contributed by atoms with Gasteiger partial charge < -0.3 is 20.3 Å². The molecule has 1 amide bonds. The number of nitrogens with zero attached hydrogens (tertiary/aromatic N) is 2. The van der Waals surface area contributed by atoms with Crippen molar-refractivity contribution in [2.45, 2.75) is 39.0 Å². The maximum absolute atomic E-state index is 12.2. The van der Waals surface area contributed by atoms with E-state index in [0.717, 1.165) is 38.0 Å². The van der Waals surface area contributed by atoms with Crippen LogP contribution in [-0.2, 0) is 11.2 Å². The monoisotopic (exact) mass is 400 g/mol. The van der Waals surface area contributed by atoms with Crippen LogP contribution < -0.4 is 15.4 Å². The van der Waals surface area contributed by atoms with Crippen molar-refractivity contribution in [1.82, 2.24) is 15.5 Å². The second kappa shape index (κ2) is 10.8. The largest absolute Gasteiger partial charge is 0.573 e. The molecule has 0 aliphatic carbocycles. The van der Waals surface area contributed by atoms with Gasteiger partial charge in [0.25, 0.3) is 0 Å². The molecule has 28 heavy (non-hydrogen) atoms. The summed E-state index contributed by atoms with van der Waals surface area (Å²) in [6.07, 6.45) is -1.64. The van der Waals surface area contributed by atoms with Crippen LogP contribution in [0.25, 0.3) is 0 Å². The van der Waals surface area contributed by atoms with E-state index in [0.29, 0.717) is 31.9 Å². The highest BCUT2D eigenvalue weighted by Crippen LogP contribution is 2.22. The molecule has 1 heterocycles. The molecular weight excluding hydrogens is 373 g/mol. The Morgan fingerprint density at radius 2 is 2.00 bits per heavy atom. The van der Waals surface area contributed by atoms with Gasteiger partial charge in [-0.2, -0.15) is 0 Å². The topological polar surface area (TPSA) is 66.0 Å². The van der Waals surface area contributed by atoms with Crippen molar-refractivity contribution >= 4 is 11.9 Å². The molecular formula is C19H27F3N4O2. The number of hydrogen-bond donors (Lipinski definition) is 2. The predicted octanol–water partition coefficient (Wildman–Crippen LogP) is 2.70. The van der Waals surface area contributed by atoms with Crippen LogP contribution in [0.2, 0.25) is 0 Å². The SMILES string of the molecule is CCNC(=NCCCN1CCCC1=O)NCCc1ccc(OC(F)(F)F)cc1. The van der Waals surface area contributed by atoms with E-state index in [2.05, 4.69) is 20.4 Å². The van der Waals surface area contributed by atoms with Gasteiger partial charge in [-0.05, 0) is 43.9 Å². The predicted molar refractivity (Wildman–Crippen MR) is 101 cm³/mol. The third-order valence-corrected chi connectivity index (χ3v) is 4.23. The summed E-state index contributed by atoms with van der Waals surface area (Å²) in [4.78, 5) is 17.9. The summed E-state index contributed by atoms with van der Waals surface area (Å²) in [7, 11) is 0. The van der Waals surface area contributed by atoms with Crippen molar-refractivity contribution in [3.8, 4) is 5.75 Å². The standard InChI is InChI=1S/C19H27F3N4O2/c1-2-23-18(24-11-4-14-26-13-3-5-17(26)27)25-12-10-15-6-8-16(9-7-15)28-19(20,21)22/h6-9H,2-5,10-14H2,1H3,(H2,23,24,25). The van der Waals surface area contributed by atoms with Crippen molar-refractivity contribution in [3.63, 3.8) is 0 Å². The fraction of sp³-hybridized carbons (Fsp3) is 0.579. The van der Waals surface area contributed by atoms with E-state index in [1.165, 1.54) is 12.1 Å². The number of carbonyl (C=O) groups is 1. The van der Waals surface area contributed by atoms with Gasteiger partial charge in [-0.25, -0.2) is 0 Å². The van der Waals surface area contributed by atoms with Gasteiger partial charge in [0.05, 0.1) is 0 Å². The molecule has 9 heteroatoms. The lowest BCUT2D eigenvalue weighted by atomic mass is 10.1. The first kappa shape index (κ1) is 21.8. The van der Waals surface area contributed by atoms with Gasteiger partial charge in [0.2, 0.25) is 5.91 Å². The van der Waals surface area contributed by atoms with E-state index in [-0.39, 0.29) is 11.7 Å². The number of rotatable bonds is 9. The number of benzene rings is 1. The molecule has 0 saturated carbocycles. The number of halogens is 3. The van der Waals surface area contributed by atoms with Gasteiger partial charge in [0, 0.05) is 39.1 Å². The number of nitrogens with one attached hydrogen (secondary N) is 2. The minimum atomic E-state index is -4.68. The number of amides is 1. The minimum absolute atomic E-state index is 0.223. The highest BCUT2D eigenvalue weighted by molar-refractivity contribution is 5.79. The second-order valence-electron chi connectivity index (χ2n) is 6.47. The number of ether oxygens (including phenoxy) is 1. The van der Waals surface area contributed by atoms with Crippen LogP contribution >= 0.6 is 0 Å². The van der Waals surface area contributed by atoms with E-state index < -0.39 is 6.36 Å². The Bertz CT molecular complexity index is 648. The Hall–Kier alpha value is -2.45. The molecule has 0 spiro atoms. The molecule has 2 rings (SSSR count). The number of carbonyl (C=O) groups excluding carboxylic acids is 1. The Kier molecular flexibility index (Phi) is 8.41. The van der Waals surface area contributed by atoms with Crippen molar-refractivity contribution in [2.24, 2.45) is 4.99 Å². The highest BCUT2D eigenvalue weighted by Gasteiger charge is 2.30. The lowest BCUT2D eigenvalue weighted by molar-refractivity contribution is -0.274. The van der Waals surface area contributed by atoms with Crippen molar-refractivity contribution in [3.05, 3.63) is 29.8 Å². The maximum Gasteiger partial charge on any atom is 0.573 e. The van der Waals surface area contributed by atoms with Gasteiger partial charge in [-0.3, -0.25) is 9.79 Å². The summed E-state index contributed by atoms with van der Waals surface area (Å²) >= 11 is 0. The second-order valence-corrected chi connectivity index (χ2v) is 6.47. The van der Waals surface area contributed by atoms with Crippen LogP contribution in [0.5, 0.6) is 5.75 Å². The van der Waals surface area contributed by atoms with Gasteiger partial charge in [-0.1, -0.05) is 12.1 Å². The molecule has 1 aromatic rings. The summed E-state index contributed by atoms with van der Waals surface area (Å²) in [6.45, 7) is 5.47. The Labute approximate surface area is 163 Å². The van der Waals surface area contributed by atoms with Crippen LogP contribution in [0.4, 0.5) is 13.2 Å². The quantitative estimate of drug-likeness (QED) is 0.380. The van der Waals surface area contributed by atoms with Gasteiger partial charge in [0.1, 0.15) is 5.75 Å². The molecule has 156 valence electrons. The van der Waals surface area contributed by atoms with Crippen LogP contribution in [0.1, 0.15) is 31.7 Å². The molecule has 0 radical (unpaired) electrons. The van der Waals surface area contributed by atoms with Gasteiger partial charge in [0.15, 0.2) is 5.96 Å². The first-order chi connectivity index (χ1) is 13.4. The van der Waals surface area contributed by atoms with Gasteiger partial charge in [-0.15, -0.1) is 13.2 Å². The summed E-state index contributed by atoms with van der Waals surface area (Å²) in [5, 5.41) is 6.36. The van der Waals surface area contributed by atoms with Crippen LogP contribution in [0.3, 0.4) is 0 Å². The van der Waals surface area contributed by atoms with Crippen LogP contribution in [-0.4, -0.2) is 55.9 Å². The first-order valence-corrected chi connectivity index (χ1v) is 9.52. The van der Waals surface area contributed by atoms with Crippen LogP contribution in [0.15, 0.2) is 29.3 Å². The molecule has 0 unspecified atom stereocenters. The minimum Gasteiger partial charge on any atom is -0.406 e. The maximum atomic E-state index is 12.2. The Balaban J connectivity index is 1.72. The van der Waals surface area contributed by atoms with Crippen LogP contribution in [0, 0.1) is 0 Å². The molecule has 2 N–H and O–H groups in total. The normalized spacial score (nSPS) is 15.1. The molecule has 1 fully saturated rings. The molecule has 1 saturated heterocycles. The summed E-state index contributed by atoms with van der Waals surface area (Å²) in [6, 6.07) is 5.84. The number of hydrogen-bond acceptors (Lipinski definition) is 3. The lowest BCUT2D eigenvalue weighted by Crippen LogP contribution is -2.38. The molecule has 0 bridgehead atoms. The molecule has 1 aromatic carbocycles. The van der Waals surface area contributed by atoms with E-state index in [4.69, 9.17) is 0 Å². The van der Waals surface area contributed by atoms with Gasteiger partial charge >= 0.3 is 6.36 Å². The highest BCUT2D eigenvalue weighted by atomic mass is 19.4. The van der Waals surface area contributed by atoms with Crippen molar-refractivity contribution in [1.29, 1.82) is 0 Å². The fourth-order valence-electron chi connectivity index (χ4n) is 2.92. The average Bonchev–Trinajstić information content (AvgIpc) is 3.04. The molecule has 0 aromatic heterocycles. The lowest BCUT2D eigenvalue weighted by Gasteiger charge is -2.15. The molecule has 6 nitrogen and oxygen atoms in total. The molecule has 1 aliphatic heterocycles. The smallest absolute Gasteiger partial charge is 0.406 e. The number of alkyl halides is 3. The van der Waals surface area contributed by atoms with Crippen molar-refractivity contribution in [2.75, 3.05) is 32.7 Å². The number of guanidine groups is 1. The summed E-state index contributed by atoms with van der Waals surface area (Å²) in [5.41, 5.74) is 0.894. The third kappa shape index (κ3) is 8.06. The summed E-state index contributed by atoms with van der Waals surface area (Å²) < 4.78 is 40.4. The van der Waals surface area contributed by atoms with E-state index in [9.17, 15) is 18.0 Å². The van der Waals surface area contributed by atoms with E-state index in [1.807, 2.05) is 11.8 Å².